The van der Waals surface area contributed by atoms with Gasteiger partial charge >= 0.3 is 0 Å². The van der Waals surface area contributed by atoms with Crippen molar-refractivity contribution in [1.82, 2.24) is 5.32 Å². The molecule has 0 saturated carbocycles. The maximum absolute atomic E-state index is 5.34. The molecule has 0 radical (unpaired) electrons. The van der Waals surface area contributed by atoms with E-state index >= 15 is 0 Å². The van der Waals surface area contributed by atoms with Crippen LogP contribution in [0.4, 0.5) is 0 Å². The van der Waals surface area contributed by atoms with Crippen LogP contribution in [0.15, 0.2) is 30.4 Å². The number of hydrogen-bond acceptors (Lipinski definition) is 3. The highest BCUT2D eigenvalue weighted by molar-refractivity contribution is 5.42. The van der Waals surface area contributed by atoms with Crippen LogP contribution >= 0.6 is 0 Å². The topological polar surface area (TPSA) is 30.5 Å². The van der Waals surface area contributed by atoms with Crippen LogP contribution in [-0.2, 0) is 0 Å². The molecule has 0 aliphatic heterocycles. The van der Waals surface area contributed by atoms with E-state index in [2.05, 4.69) is 44.8 Å². The maximum Gasteiger partial charge on any atom is 0.122 e. The summed E-state index contributed by atoms with van der Waals surface area (Å²) in [5.41, 5.74) is 2.35. The maximum atomic E-state index is 5.34. The average Bonchev–Trinajstić information content (AvgIpc) is 2.42. The van der Waals surface area contributed by atoms with Crippen LogP contribution in [0.2, 0.25) is 0 Å². The van der Waals surface area contributed by atoms with E-state index < -0.39 is 0 Å². The molecule has 1 rings (SSSR count). The highest BCUT2D eigenvalue weighted by Crippen LogP contribution is 2.32. The molecule has 3 heteroatoms. The predicted octanol–water partition coefficient (Wildman–Crippen LogP) is 3.75. The fraction of sp³-hybridized carbons (Fsp3) is 0.529. The van der Waals surface area contributed by atoms with Gasteiger partial charge in [-0.05, 0) is 37.6 Å². The molecule has 0 aliphatic rings. The molecule has 1 atom stereocenters. The SMILES string of the molecule is C=C(C)C(CCNC(C)C)c1cc(OC)cc(OC)c1. The molecule has 1 unspecified atom stereocenters. The van der Waals surface area contributed by atoms with Gasteiger partial charge < -0.3 is 14.8 Å². The van der Waals surface area contributed by atoms with Crippen molar-refractivity contribution < 1.29 is 9.47 Å². The minimum Gasteiger partial charge on any atom is -0.497 e. The summed E-state index contributed by atoms with van der Waals surface area (Å²) in [6.45, 7) is 11.5. The molecule has 0 aromatic heterocycles. The third kappa shape index (κ3) is 4.89. The van der Waals surface area contributed by atoms with Crippen LogP contribution in [0.3, 0.4) is 0 Å². The third-order valence-corrected chi connectivity index (χ3v) is 3.36. The zero-order valence-electron chi connectivity index (χ0n) is 13.3. The van der Waals surface area contributed by atoms with E-state index in [0.29, 0.717) is 12.0 Å². The van der Waals surface area contributed by atoms with Gasteiger partial charge in [-0.15, -0.1) is 0 Å². The lowest BCUT2D eigenvalue weighted by atomic mass is 9.89. The first-order valence-electron chi connectivity index (χ1n) is 7.09. The molecule has 20 heavy (non-hydrogen) atoms. The van der Waals surface area contributed by atoms with Crippen molar-refractivity contribution >= 4 is 0 Å². The number of allylic oxidation sites excluding steroid dienone is 1. The predicted molar refractivity (Wildman–Crippen MR) is 84.9 cm³/mol. The van der Waals surface area contributed by atoms with Crippen LogP contribution in [-0.4, -0.2) is 26.8 Å². The zero-order chi connectivity index (χ0) is 15.1. The molecule has 0 amide bonds. The Hall–Kier alpha value is -1.48. The monoisotopic (exact) mass is 277 g/mol. The second-order valence-electron chi connectivity index (χ2n) is 5.44. The first kappa shape index (κ1) is 16.6. The quantitative estimate of drug-likeness (QED) is 0.734. The Morgan fingerprint density at radius 3 is 2.10 bits per heavy atom. The molecular formula is C17H27NO2. The summed E-state index contributed by atoms with van der Waals surface area (Å²) in [4.78, 5) is 0. The fourth-order valence-corrected chi connectivity index (χ4v) is 2.24. The van der Waals surface area contributed by atoms with Gasteiger partial charge in [0, 0.05) is 18.0 Å². The standard InChI is InChI=1S/C17H27NO2/c1-12(2)17(7-8-18-13(3)4)14-9-15(19-5)11-16(10-14)20-6/h9-11,13,17-18H,1,7-8H2,2-6H3. The van der Waals surface area contributed by atoms with Crippen molar-refractivity contribution in [2.45, 2.75) is 39.2 Å². The highest BCUT2D eigenvalue weighted by atomic mass is 16.5. The summed E-state index contributed by atoms with van der Waals surface area (Å²) in [7, 11) is 3.35. The van der Waals surface area contributed by atoms with Crippen LogP contribution in [0, 0.1) is 0 Å². The van der Waals surface area contributed by atoms with Crippen molar-refractivity contribution in [2.75, 3.05) is 20.8 Å². The van der Waals surface area contributed by atoms with Gasteiger partial charge in [-0.2, -0.15) is 0 Å². The number of ether oxygens (including phenoxy) is 2. The number of nitrogens with one attached hydrogen (secondary N) is 1. The lowest BCUT2D eigenvalue weighted by molar-refractivity contribution is 0.392. The molecule has 0 saturated heterocycles. The highest BCUT2D eigenvalue weighted by Gasteiger charge is 2.15. The van der Waals surface area contributed by atoms with E-state index in [1.807, 2.05) is 6.07 Å². The Kier molecular flexibility index (Phi) is 6.59. The summed E-state index contributed by atoms with van der Waals surface area (Å²) >= 11 is 0. The van der Waals surface area contributed by atoms with E-state index in [0.717, 1.165) is 30.0 Å². The van der Waals surface area contributed by atoms with E-state index in [4.69, 9.17) is 9.47 Å². The zero-order valence-corrected chi connectivity index (χ0v) is 13.3. The number of methoxy groups -OCH3 is 2. The smallest absolute Gasteiger partial charge is 0.122 e. The van der Waals surface area contributed by atoms with Gasteiger partial charge in [-0.25, -0.2) is 0 Å². The summed E-state index contributed by atoms with van der Waals surface area (Å²) < 4.78 is 10.7. The van der Waals surface area contributed by atoms with Gasteiger partial charge in [0.15, 0.2) is 0 Å². The van der Waals surface area contributed by atoms with Crippen molar-refractivity contribution in [2.24, 2.45) is 0 Å². The summed E-state index contributed by atoms with van der Waals surface area (Å²) in [6.07, 6.45) is 1.02. The van der Waals surface area contributed by atoms with Crippen molar-refractivity contribution in [3.8, 4) is 11.5 Å². The molecule has 0 aliphatic carbocycles. The largest absolute Gasteiger partial charge is 0.497 e. The van der Waals surface area contributed by atoms with E-state index in [1.165, 1.54) is 5.56 Å². The lowest BCUT2D eigenvalue weighted by Gasteiger charge is -2.20. The van der Waals surface area contributed by atoms with Crippen molar-refractivity contribution in [3.63, 3.8) is 0 Å². The number of benzene rings is 1. The van der Waals surface area contributed by atoms with Crippen LogP contribution in [0.1, 0.15) is 38.7 Å². The summed E-state index contributed by atoms with van der Waals surface area (Å²) in [5, 5.41) is 3.45. The fourth-order valence-electron chi connectivity index (χ4n) is 2.24. The second-order valence-corrected chi connectivity index (χ2v) is 5.44. The molecule has 0 bridgehead atoms. The van der Waals surface area contributed by atoms with Gasteiger partial charge in [0.2, 0.25) is 0 Å². The van der Waals surface area contributed by atoms with Gasteiger partial charge in [0.1, 0.15) is 11.5 Å². The van der Waals surface area contributed by atoms with Gasteiger partial charge in [-0.3, -0.25) is 0 Å². The molecular weight excluding hydrogens is 250 g/mol. The van der Waals surface area contributed by atoms with Crippen LogP contribution in [0.5, 0.6) is 11.5 Å². The molecule has 3 nitrogen and oxygen atoms in total. The van der Waals surface area contributed by atoms with E-state index in [1.54, 1.807) is 14.2 Å². The van der Waals surface area contributed by atoms with Crippen molar-refractivity contribution in [3.05, 3.63) is 35.9 Å². The van der Waals surface area contributed by atoms with Crippen LogP contribution in [0.25, 0.3) is 0 Å². The minimum atomic E-state index is 0.310. The first-order chi connectivity index (χ1) is 9.47. The number of rotatable bonds is 8. The molecule has 0 spiro atoms. The summed E-state index contributed by atoms with van der Waals surface area (Å²) in [6, 6.07) is 6.53. The second kappa shape index (κ2) is 7.95. The Bertz CT molecular complexity index is 418. The third-order valence-electron chi connectivity index (χ3n) is 3.36. The lowest BCUT2D eigenvalue weighted by Crippen LogP contribution is -2.25. The Morgan fingerprint density at radius 2 is 1.70 bits per heavy atom. The Labute approximate surface area is 123 Å². The molecule has 1 aromatic carbocycles. The van der Waals surface area contributed by atoms with Crippen molar-refractivity contribution in [1.29, 1.82) is 0 Å². The van der Waals surface area contributed by atoms with E-state index in [9.17, 15) is 0 Å². The summed E-state index contributed by atoms with van der Waals surface area (Å²) in [5.74, 6) is 1.95. The Balaban J connectivity index is 2.93. The Morgan fingerprint density at radius 1 is 1.15 bits per heavy atom. The minimum absolute atomic E-state index is 0.310. The first-order valence-corrected chi connectivity index (χ1v) is 7.09. The molecule has 1 N–H and O–H groups in total. The molecule has 0 heterocycles. The number of hydrogen-bond donors (Lipinski definition) is 1. The molecule has 0 fully saturated rings. The molecule has 1 aromatic rings. The normalized spacial score (nSPS) is 12.3. The van der Waals surface area contributed by atoms with Gasteiger partial charge in [0.05, 0.1) is 14.2 Å². The van der Waals surface area contributed by atoms with Gasteiger partial charge in [-0.1, -0.05) is 26.0 Å². The van der Waals surface area contributed by atoms with Gasteiger partial charge in [0.25, 0.3) is 0 Å². The average molecular weight is 277 g/mol. The molecule has 112 valence electrons. The van der Waals surface area contributed by atoms with Crippen LogP contribution < -0.4 is 14.8 Å². The van der Waals surface area contributed by atoms with E-state index in [-0.39, 0.29) is 0 Å².